The maximum Gasteiger partial charge on any atom is 0.418 e. The monoisotopic (exact) mass is 534 g/mol. The van der Waals surface area contributed by atoms with Gasteiger partial charge >= 0.3 is 6.18 Å². The van der Waals surface area contributed by atoms with Crippen molar-refractivity contribution in [3.05, 3.63) is 81.2 Å². The second-order valence-electron chi connectivity index (χ2n) is 6.75. The van der Waals surface area contributed by atoms with Gasteiger partial charge in [-0.3, -0.25) is 0 Å². The van der Waals surface area contributed by atoms with E-state index in [9.17, 15) is 13.2 Å². The van der Waals surface area contributed by atoms with E-state index in [1.54, 1.807) is 24.3 Å². The first-order valence-electron chi connectivity index (χ1n) is 8.74. The first-order chi connectivity index (χ1) is 13.8. The second kappa shape index (κ2) is 6.83. The Morgan fingerprint density at radius 2 is 1.31 bits per heavy atom. The van der Waals surface area contributed by atoms with Gasteiger partial charge in [0, 0.05) is 29.1 Å². The van der Waals surface area contributed by atoms with Gasteiger partial charge in [0.1, 0.15) is 0 Å². The van der Waals surface area contributed by atoms with Crippen LogP contribution in [0.1, 0.15) is 5.56 Å². The minimum atomic E-state index is -4.45. The molecule has 29 heavy (non-hydrogen) atoms. The van der Waals surface area contributed by atoms with Gasteiger partial charge in [-0.25, -0.2) is 0 Å². The van der Waals surface area contributed by atoms with Crippen molar-refractivity contribution in [3.8, 4) is 11.1 Å². The summed E-state index contributed by atoms with van der Waals surface area (Å²) >= 11 is 8.24. The summed E-state index contributed by atoms with van der Waals surface area (Å²) in [5.41, 5.74) is 1.13. The van der Waals surface area contributed by atoms with Crippen LogP contribution < -0.4 is 0 Å². The SMILES string of the molecule is FC(F)(F)c1c2ccccc2c(-c2cc(Br)cc(Br)c2)c2c1sc1ccccc12. The first kappa shape index (κ1) is 19.1. The Balaban J connectivity index is 2.12. The lowest BCUT2D eigenvalue weighted by Gasteiger charge is -2.17. The molecule has 5 rings (SSSR count). The van der Waals surface area contributed by atoms with Crippen LogP contribution in [0.2, 0.25) is 0 Å². The van der Waals surface area contributed by atoms with E-state index in [4.69, 9.17) is 0 Å². The normalized spacial score (nSPS) is 12.3. The Morgan fingerprint density at radius 1 is 0.724 bits per heavy atom. The zero-order valence-corrected chi connectivity index (χ0v) is 18.6. The van der Waals surface area contributed by atoms with E-state index in [2.05, 4.69) is 31.9 Å². The maximum atomic E-state index is 14.2. The van der Waals surface area contributed by atoms with Gasteiger partial charge in [0.15, 0.2) is 0 Å². The lowest BCUT2D eigenvalue weighted by Crippen LogP contribution is -2.06. The summed E-state index contributed by atoms with van der Waals surface area (Å²) < 4.78 is 45.5. The Kier molecular flexibility index (Phi) is 4.49. The highest BCUT2D eigenvalue weighted by Crippen LogP contribution is 2.51. The molecule has 0 nitrogen and oxygen atoms in total. The average molecular weight is 536 g/mol. The summed E-state index contributed by atoms with van der Waals surface area (Å²) in [6.07, 6.45) is -4.45. The molecule has 6 heteroatoms. The maximum absolute atomic E-state index is 14.2. The number of fused-ring (bicyclic) bond motifs is 4. The molecule has 0 amide bonds. The molecule has 0 aliphatic heterocycles. The van der Waals surface area contributed by atoms with Crippen LogP contribution in [0.4, 0.5) is 13.2 Å². The molecule has 0 spiro atoms. The van der Waals surface area contributed by atoms with Gasteiger partial charge in [0.2, 0.25) is 0 Å². The Hall–Kier alpha value is -1.89. The summed E-state index contributed by atoms with van der Waals surface area (Å²) in [6.45, 7) is 0. The number of rotatable bonds is 1. The molecular formula is C23H11Br2F3S. The van der Waals surface area contributed by atoms with Gasteiger partial charge in [-0.05, 0) is 46.2 Å². The third kappa shape index (κ3) is 3.09. The molecule has 0 unspecified atom stereocenters. The molecular weight excluding hydrogens is 525 g/mol. The molecule has 0 saturated heterocycles. The zero-order valence-electron chi connectivity index (χ0n) is 14.6. The number of benzene rings is 4. The van der Waals surface area contributed by atoms with E-state index >= 15 is 0 Å². The predicted octanol–water partition coefficient (Wildman–Crippen LogP) is 9.42. The lowest BCUT2D eigenvalue weighted by atomic mass is 9.90. The Bertz CT molecular complexity index is 1400. The van der Waals surface area contributed by atoms with Crippen LogP contribution in [-0.4, -0.2) is 0 Å². The summed E-state index contributed by atoms with van der Waals surface area (Å²) in [5, 5.41) is 2.32. The van der Waals surface area contributed by atoms with Crippen molar-refractivity contribution in [2.75, 3.05) is 0 Å². The van der Waals surface area contributed by atoms with Crippen LogP contribution >= 0.6 is 43.2 Å². The number of thiophene rings is 1. The summed E-state index contributed by atoms with van der Waals surface area (Å²) in [4.78, 5) is 0. The number of hydrogen-bond donors (Lipinski definition) is 0. The van der Waals surface area contributed by atoms with Crippen molar-refractivity contribution in [1.82, 2.24) is 0 Å². The predicted molar refractivity (Wildman–Crippen MR) is 123 cm³/mol. The first-order valence-corrected chi connectivity index (χ1v) is 11.1. The fraction of sp³-hybridized carbons (Fsp3) is 0.0435. The lowest BCUT2D eigenvalue weighted by molar-refractivity contribution is -0.134. The molecule has 0 aliphatic carbocycles. The van der Waals surface area contributed by atoms with Crippen molar-refractivity contribution in [2.24, 2.45) is 0 Å². The van der Waals surface area contributed by atoms with Gasteiger partial charge in [0.05, 0.1) is 5.56 Å². The average Bonchev–Trinajstić information content (AvgIpc) is 3.02. The van der Waals surface area contributed by atoms with Crippen molar-refractivity contribution >= 4 is 74.1 Å². The molecule has 0 radical (unpaired) electrons. The highest BCUT2D eigenvalue weighted by Gasteiger charge is 2.37. The molecule has 1 heterocycles. The summed E-state index contributed by atoms with van der Waals surface area (Å²) in [6, 6.07) is 20.1. The Morgan fingerprint density at radius 3 is 1.97 bits per heavy atom. The second-order valence-corrected chi connectivity index (χ2v) is 9.64. The van der Waals surface area contributed by atoms with Gasteiger partial charge in [-0.15, -0.1) is 11.3 Å². The molecule has 0 atom stereocenters. The van der Waals surface area contributed by atoms with Crippen LogP contribution in [0.25, 0.3) is 42.1 Å². The third-order valence-electron chi connectivity index (χ3n) is 4.97. The molecule has 0 N–H and O–H groups in total. The highest BCUT2D eigenvalue weighted by molar-refractivity contribution is 9.11. The van der Waals surface area contributed by atoms with Crippen molar-refractivity contribution in [1.29, 1.82) is 0 Å². The third-order valence-corrected chi connectivity index (χ3v) is 7.08. The van der Waals surface area contributed by atoms with E-state index in [0.717, 1.165) is 30.2 Å². The summed E-state index contributed by atoms with van der Waals surface area (Å²) in [5.74, 6) is 0. The van der Waals surface area contributed by atoms with Crippen molar-refractivity contribution in [2.45, 2.75) is 6.18 Å². The standard InChI is InChI=1S/C23H11Br2F3S/c24-13-9-12(10-14(25)11-13)19-15-5-1-2-6-16(15)21(23(26,27)28)22-20(19)17-7-3-4-8-18(17)29-22/h1-11H. The van der Waals surface area contributed by atoms with E-state index in [1.165, 1.54) is 11.3 Å². The van der Waals surface area contributed by atoms with Crippen LogP contribution in [0, 0.1) is 0 Å². The van der Waals surface area contributed by atoms with Crippen molar-refractivity contribution in [3.63, 3.8) is 0 Å². The van der Waals surface area contributed by atoms with Crippen LogP contribution in [-0.2, 0) is 6.18 Å². The van der Waals surface area contributed by atoms with E-state index in [-0.39, 0.29) is 10.1 Å². The van der Waals surface area contributed by atoms with Gasteiger partial charge in [0.25, 0.3) is 0 Å². The topological polar surface area (TPSA) is 0 Å². The smallest absolute Gasteiger partial charge is 0.166 e. The largest absolute Gasteiger partial charge is 0.418 e. The van der Waals surface area contributed by atoms with E-state index in [1.807, 2.05) is 42.5 Å². The van der Waals surface area contributed by atoms with E-state index < -0.39 is 11.7 Å². The molecule has 0 saturated carbocycles. The van der Waals surface area contributed by atoms with Gasteiger partial charge < -0.3 is 0 Å². The molecule has 1 aromatic heterocycles. The zero-order chi connectivity index (χ0) is 20.3. The quantitative estimate of drug-likeness (QED) is 0.200. The van der Waals surface area contributed by atoms with Gasteiger partial charge in [-0.1, -0.05) is 74.3 Å². The fourth-order valence-corrected chi connectivity index (χ4v) is 6.51. The number of halogens is 5. The number of hydrogen-bond acceptors (Lipinski definition) is 1. The van der Waals surface area contributed by atoms with Crippen LogP contribution in [0.5, 0.6) is 0 Å². The molecule has 144 valence electrons. The molecule has 0 bridgehead atoms. The van der Waals surface area contributed by atoms with Crippen LogP contribution in [0.15, 0.2) is 75.7 Å². The molecule has 0 fully saturated rings. The number of alkyl halides is 3. The fourth-order valence-electron chi connectivity index (χ4n) is 3.93. The minimum absolute atomic E-state index is 0.227. The van der Waals surface area contributed by atoms with E-state index in [0.29, 0.717) is 10.8 Å². The minimum Gasteiger partial charge on any atom is -0.166 e. The summed E-state index contributed by atoms with van der Waals surface area (Å²) in [7, 11) is 0. The Labute approximate surface area is 185 Å². The molecule has 4 aromatic carbocycles. The van der Waals surface area contributed by atoms with Crippen molar-refractivity contribution < 1.29 is 13.2 Å². The van der Waals surface area contributed by atoms with Gasteiger partial charge in [-0.2, -0.15) is 13.2 Å². The molecule has 0 aliphatic rings. The highest BCUT2D eigenvalue weighted by atomic mass is 79.9. The van der Waals surface area contributed by atoms with Crippen LogP contribution in [0.3, 0.4) is 0 Å². The molecule has 5 aromatic rings.